The van der Waals surface area contributed by atoms with Crippen LogP contribution < -0.4 is 5.32 Å². The summed E-state index contributed by atoms with van der Waals surface area (Å²) in [6.07, 6.45) is 4.79. The lowest BCUT2D eigenvalue weighted by Crippen LogP contribution is -2.31. The van der Waals surface area contributed by atoms with Gasteiger partial charge in [-0.15, -0.1) is 0 Å². The molecule has 0 saturated heterocycles. The molecule has 1 N–H and O–H groups in total. The Labute approximate surface area is 116 Å². The van der Waals surface area contributed by atoms with Crippen molar-refractivity contribution in [1.29, 1.82) is 0 Å². The fourth-order valence-corrected chi connectivity index (χ4v) is 3.06. The van der Waals surface area contributed by atoms with Crippen LogP contribution in [0.15, 0.2) is 18.2 Å². The van der Waals surface area contributed by atoms with E-state index in [1.165, 1.54) is 12.8 Å². The molecule has 1 aromatic carbocycles. The maximum Gasteiger partial charge on any atom is 0.146 e. The van der Waals surface area contributed by atoms with Gasteiger partial charge in [-0.3, -0.25) is 0 Å². The standard InChI is InChI=1S/C17H26FN/c1-12-5-10-16(15(18)11-12)19-14-8-6-13(7-9-14)17(2,3)4/h5,10-11,13-14,19H,6-9H2,1-4H3. The highest BCUT2D eigenvalue weighted by Crippen LogP contribution is 2.38. The molecule has 106 valence electrons. The lowest BCUT2D eigenvalue weighted by atomic mass is 9.71. The van der Waals surface area contributed by atoms with Crippen LogP contribution in [0.2, 0.25) is 0 Å². The second kappa shape index (κ2) is 5.52. The highest BCUT2D eigenvalue weighted by atomic mass is 19.1. The van der Waals surface area contributed by atoms with Gasteiger partial charge in [0.05, 0.1) is 5.69 Å². The molecule has 2 rings (SSSR count). The molecule has 1 fully saturated rings. The van der Waals surface area contributed by atoms with Crippen LogP contribution in [-0.4, -0.2) is 6.04 Å². The van der Waals surface area contributed by atoms with Gasteiger partial charge in [0, 0.05) is 6.04 Å². The first-order valence-electron chi connectivity index (χ1n) is 7.39. The highest BCUT2D eigenvalue weighted by Gasteiger charge is 2.29. The highest BCUT2D eigenvalue weighted by molar-refractivity contribution is 5.47. The van der Waals surface area contributed by atoms with Crippen molar-refractivity contribution in [3.8, 4) is 0 Å². The molecule has 0 amide bonds. The van der Waals surface area contributed by atoms with Gasteiger partial charge in [-0.25, -0.2) is 4.39 Å². The summed E-state index contributed by atoms with van der Waals surface area (Å²) in [5.74, 6) is 0.673. The van der Waals surface area contributed by atoms with Crippen molar-refractivity contribution in [3.05, 3.63) is 29.6 Å². The van der Waals surface area contributed by atoms with E-state index in [0.717, 1.165) is 24.3 Å². The zero-order chi connectivity index (χ0) is 14.0. The van der Waals surface area contributed by atoms with E-state index in [4.69, 9.17) is 0 Å². The molecule has 1 aromatic rings. The third-order valence-corrected chi connectivity index (χ3v) is 4.44. The number of aryl methyl sites for hydroxylation is 1. The van der Waals surface area contributed by atoms with E-state index in [2.05, 4.69) is 26.1 Å². The minimum atomic E-state index is -0.127. The van der Waals surface area contributed by atoms with Crippen LogP contribution >= 0.6 is 0 Å². The van der Waals surface area contributed by atoms with Crippen LogP contribution in [0, 0.1) is 24.1 Å². The van der Waals surface area contributed by atoms with Crippen LogP contribution in [0.5, 0.6) is 0 Å². The van der Waals surface area contributed by atoms with E-state index in [1.54, 1.807) is 6.07 Å². The van der Waals surface area contributed by atoms with Gasteiger partial charge in [-0.05, 0) is 61.6 Å². The summed E-state index contributed by atoms with van der Waals surface area (Å²) in [6.45, 7) is 8.89. The molecule has 1 saturated carbocycles. The Morgan fingerprint density at radius 1 is 1.11 bits per heavy atom. The summed E-state index contributed by atoms with van der Waals surface area (Å²) in [7, 11) is 0. The van der Waals surface area contributed by atoms with Gasteiger partial charge in [0.25, 0.3) is 0 Å². The Bertz CT molecular complexity index is 425. The van der Waals surface area contributed by atoms with E-state index >= 15 is 0 Å². The van der Waals surface area contributed by atoms with Crippen molar-refractivity contribution < 1.29 is 4.39 Å². The average Bonchev–Trinajstić information content (AvgIpc) is 2.32. The number of rotatable bonds is 2. The molecule has 0 heterocycles. The molecular formula is C17H26FN. The van der Waals surface area contributed by atoms with Crippen LogP contribution in [0.1, 0.15) is 52.0 Å². The van der Waals surface area contributed by atoms with Crippen molar-refractivity contribution in [3.63, 3.8) is 0 Å². The predicted octanol–water partition coefficient (Wildman–Crippen LogP) is 5.15. The second-order valence-corrected chi connectivity index (χ2v) is 7.04. The van der Waals surface area contributed by atoms with Crippen LogP contribution in [0.3, 0.4) is 0 Å². The zero-order valence-electron chi connectivity index (χ0n) is 12.6. The molecule has 2 heteroatoms. The fraction of sp³-hybridized carbons (Fsp3) is 0.647. The average molecular weight is 263 g/mol. The maximum atomic E-state index is 13.8. The molecule has 0 bridgehead atoms. The molecular weight excluding hydrogens is 237 g/mol. The summed E-state index contributed by atoms with van der Waals surface area (Å²) >= 11 is 0. The summed E-state index contributed by atoms with van der Waals surface area (Å²) in [4.78, 5) is 0. The maximum absolute atomic E-state index is 13.8. The Hall–Kier alpha value is -1.05. The van der Waals surface area contributed by atoms with Crippen LogP contribution in [0.4, 0.5) is 10.1 Å². The summed E-state index contributed by atoms with van der Waals surface area (Å²) in [5.41, 5.74) is 2.03. The molecule has 19 heavy (non-hydrogen) atoms. The first-order chi connectivity index (χ1) is 8.86. The van der Waals surface area contributed by atoms with Gasteiger partial charge in [-0.2, -0.15) is 0 Å². The molecule has 0 aliphatic heterocycles. The van der Waals surface area contributed by atoms with Crippen molar-refractivity contribution in [2.45, 2.75) is 59.4 Å². The largest absolute Gasteiger partial charge is 0.380 e. The number of anilines is 1. The normalized spacial score (nSPS) is 24.3. The van der Waals surface area contributed by atoms with Gasteiger partial charge in [-0.1, -0.05) is 26.8 Å². The zero-order valence-corrected chi connectivity index (χ0v) is 12.6. The van der Waals surface area contributed by atoms with Gasteiger partial charge >= 0.3 is 0 Å². The fourth-order valence-electron chi connectivity index (χ4n) is 3.06. The van der Waals surface area contributed by atoms with Crippen molar-refractivity contribution in [2.24, 2.45) is 11.3 Å². The van der Waals surface area contributed by atoms with Gasteiger partial charge < -0.3 is 5.32 Å². The van der Waals surface area contributed by atoms with E-state index in [9.17, 15) is 4.39 Å². The van der Waals surface area contributed by atoms with Crippen molar-refractivity contribution >= 4 is 5.69 Å². The lowest BCUT2D eigenvalue weighted by Gasteiger charge is -2.37. The number of hydrogen-bond donors (Lipinski definition) is 1. The van der Waals surface area contributed by atoms with Gasteiger partial charge in [0.15, 0.2) is 0 Å². The minimum Gasteiger partial charge on any atom is -0.380 e. The van der Waals surface area contributed by atoms with E-state index in [1.807, 2.05) is 19.1 Å². The molecule has 0 spiro atoms. The lowest BCUT2D eigenvalue weighted by molar-refractivity contribution is 0.173. The summed E-state index contributed by atoms with van der Waals surface area (Å²) in [5, 5.41) is 3.37. The molecule has 0 unspecified atom stereocenters. The van der Waals surface area contributed by atoms with Crippen molar-refractivity contribution in [2.75, 3.05) is 5.32 Å². The first-order valence-corrected chi connectivity index (χ1v) is 7.39. The molecule has 1 aliphatic rings. The topological polar surface area (TPSA) is 12.0 Å². The quantitative estimate of drug-likeness (QED) is 0.778. The SMILES string of the molecule is Cc1ccc(NC2CCC(C(C)(C)C)CC2)c(F)c1. The smallest absolute Gasteiger partial charge is 0.146 e. The Balaban J connectivity index is 1.92. The number of halogens is 1. The van der Waals surface area contributed by atoms with Gasteiger partial charge in [0.2, 0.25) is 0 Å². The molecule has 0 atom stereocenters. The third kappa shape index (κ3) is 3.71. The Morgan fingerprint density at radius 3 is 2.26 bits per heavy atom. The van der Waals surface area contributed by atoms with E-state index in [0.29, 0.717) is 17.1 Å². The third-order valence-electron chi connectivity index (χ3n) is 4.44. The monoisotopic (exact) mass is 263 g/mol. The summed E-state index contributed by atoms with van der Waals surface area (Å²) < 4.78 is 13.8. The van der Waals surface area contributed by atoms with Gasteiger partial charge in [0.1, 0.15) is 5.82 Å². The predicted molar refractivity (Wildman–Crippen MR) is 80.0 cm³/mol. The van der Waals surface area contributed by atoms with Crippen LogP contribution in [0.25, 0.3) is 0 Å². The Kier molecular flexibility index (Phi) is 4.17. The van der Waals surface area contributed by atoms with Crippen molar-refractivity contribution in [1.82, 2.24) is 0 Å². The molecule has 0 radical (unpaired) electrons. The molecule has 0 aromatic heterocycles. The van der Waals surface area contributed by atoms with Crippen LogP contribution in [-0.2, 0) is 0 Å². The number of benzene rings is 1. The molecule has 1 nitrogen and oxygen atoms in total. The molecule has 1 aliphatic carbocycles. The minimum absolute atomic E-state index is 0.127. The number of hydrogen-bond acceptors (Lipinski definition) is 1. The van der Waals surface area contributed by atoms with E-state index < -0.39 is 0 Å². The van der Waals surface area contributed by atoms with E-state index in [-0.39, 0.29) is 5.82 Å². The Morgan fingerprint density at radius 2 is 1.74 bits per heavy atom. The summed E-state index contributed by atoms with van der Waals surface area (Å²) in [6, 6.07) is 5.85. The second-order valence-electron chi connectivity index (χ2n) is 7.04. The first kappa shape index (κ1) is 14.4. The number of nitrogens with one attached hydrogen (secondary N) is 1.